The third kappa shape index (κ3) is 4.19. The Bertz CT molecular complexity index is 493. The van der Waals surface area contributed by atoms with Gasteiger partial charge in [0.2, 0.25) is 0 Å². The molecule has 1 heterocycles. The summed E-state index contributed by atoms with van der Waals surface area (Å²) in [6.07, 6.45) is 0. The van der Waals surface area contributed by atoms with Gasteiger partial charge in [0.15, 0.2) is 0 Å². The predicted molar refractivity (Wildman–Crippen MR) is 77.7 cm³/mol. The van der Waals surface area contributed by atoms with Crippen molar-refractivity contribution in [1.82, 2.24) is 15.2 Å². The number of hydrogen-bond donors (Lipinski definition) is 2. The summed E-state index contributed by atoms with van der Waals surface area (Å²) in [4.78, 5) is 29.9. The number of urea groups is 1. The first kappa shape index (κ1) is 16.4. The van der Waals surface area contributed by atoms with E-state index in [1.165, 1.54) is 16.2 Å². The fourth-order valence-electron chi connectivity index (χ4n) is 1.65. The van der Waals surface area contributed by atoms with Crippen molar-refractivity contribution in [3.05, 3.63) is 16.1 Å². The lowest BCUT2D eigenvalue weighted by Gasteiger charge is -2.29. The molecule has 0 bridgehead atoms. The van der Waals surface area contributed by atoms with Crippen molar-refractivity contribution in [1.29, 1.82) is 0 Å². The molecule has 0 aromatic carbocycles. The van der Waals surface area contributed by atoms with E-state index in [0.29, 0.717) is 6.54 Å². The zero-order valence-corrected chi connectivity index (χ0v) is 13.2. The lowest BCUT2D eigenvalue weighted by molar-refractivity contribution is -0.142. The lowest BCUT2D eigenvalue weighted by Crippen LogP contribution is -2.52. The van der Waals surface area contributed by atoms with Crippen LogP contribution in [0.5, 0.6) is 0 Å². The molecule has 1 aromatic rings. The number of carbonyl (C=O) groups excluding carboxylic acids is 1. The van der Waals surface area contributed by atoms with Crippen LogP contribution in [0.25, 0.3) is 0 Å². The van der Waals surface area contributed by atoms with E-state index in [2.05, 4.69) is 10.3 Å². The Morgan fingerprint density at radius 1 is 1.50 bits per heavy atom. The van der Waals surface area contributed by atoms with E-state index >= 15 is 0 Å². The third-order valence-electron chi connectivity index (χ3n) is 2.95. The van der Waals surface area contributed by atoms with Gasteiger partial charge in [0, 0.05) is 11.9 Å². The van der Waals surface area contributed by atoms with Crippen LogP contribution in [0.15, 0.2) is 5.51 Å². The summed E-state index contributed by atoms with van der Waals surface area (Å²) < 4.78 is 0. The number of nitrogens with one attached hydrogen (secondary N) is 1. The highest BCUT2D eigenvalue weighted by molar-refractivity contribution is 7.09. The summed E-state index contributed by atoms with van der Waals surface area (Å²) in [5.74, 6) is -1.03. The van der Waals surface area contributed by atoms with E-state index < -0.39 is 23.5 Å². The van der Waals surface area contributed by atoms with Gasteiger partial charge >= 0.3 is 12.0 Å². The Morgan fingerprint density at radius 2 is 2.10 bits per heavy atom. The number of rotatable bonds is 4. The molecule has 20 heavy (non-hydrogen) atoms. The van der Waals surface area contributed by atoms with Crippen LogP contribution in [0, 0.1) is 12.3 Å². The van der Waals surface area contributed by atoms with Gasteiger partial charge in [-0.05, 0) is 12.3 Å². The summed E-state index contributed by atoms with van der Waals surface area (Å²) in [5.41, 5.74) is 2.06. The quantitative estimate of drug-likeness (QED) is 0.892. The summed E-state index contributed by atoms with van der Waals surface area (Å²) in [7, 11) is 1.63. The Hall–Kier alpha value is -1.63. The van der Waals surface area contributed by atoms with Gasteiger partial charge in [-0.3, -0.25) is 0 Å². The van der Waals surface area contributed by atoms with Crippen LogP contribution in [0.2, 0.25) is 0 Å². The van der Waals surface area contributed by atoms with E-state index in [4.69, 9.17) is 0 Å². The molecular weight excluding hydrogens is 278 g/mol. The number of hydrogen-bond acceptors (Lipinski definition) is 4. The highest BCUT2D eigenvalue weighted by atomic mass is 32.1. The molecule has 0 spiro atoms. The molecule has 1 unspecified atom stereocenters. The predicted octanol–water partition coefficient (Wildman–Crippen LogP) is 2.09. The molecule has 0 aliphatic carbocycles. The van der Waals surface area contributed by atoms with Crippen LogP contribution in [-0.2, 0) is 11.3 Å². The molecule has 0 aliphatic heterocycles. The van der Waals surface area contributed by atoms with Crippen LogP contribution in [0.1, 0.15) is 31.3 Å². The zero-order chi connectivity index (χ0) is 15.5. The number of aromatic nitrogens is 1. The molecule has 1 aromatic heterocycles. The topological polar surface area (TPSA) is 82.5 Å². The number of carbonyl (C=O) groups is 2. The van der Waals surface area contributed by atoms with Crippen LogP contribution >= 0.6 is 11.3 Å². The average Bonchev–Trinajstić information content (AvgIpc) is 2.69. The second-order valence-electron chi connectivity index (χ2n) is 5.80. The van der Waals surface area contributed by atoms with E-state index in [9.17, 15) is 14.7 Å². The number of nitrogens with zero attached hydrogens (tertiary/aromatic N) is 2. The maximum atomic E-state index is 12.1. The monoisotopic (exact) mass is 299 g/mol. The molecule has 7 heteroatoms. The van der Waals surface area contributed by atoms with E-state index in [-0.39, 0.29) is 0 Å². The SMILES string of the molecule is Cc1ncsc1CN(C)C(=O)NC(C(=O)O)C(C)(C)C. The first-order valence-corrected chi connectivity index (χ1v) is 7.14. The van der Waals surface area contributed by atoms with Gasteiger partial charge < -0.3 is 15.3 Å². The molecule has 6 nitrogen and oxygen atoms in total. The van der Waals surface area contributed by atoms with Crippen LogP contribution < -0.4 is 5.32 Å². The fourth-order valence-corrected chi connectivity index (χ4v) is 2.48. The molecule has 0 saturated carbocycles. The van der Waals surface area contributed by atoms with Gasteiger partial charge in [-0.25, -0.2) is 14.6 Å². The second-order valence-corrected chi connectivity index (χ2v) is 6.74. The number of aliphatic carboxylic acids is 1. The number of carboxylic acids is 1. The van der Waals surface area contributed by atoms with Gasteiger partial charge in [0.25, 0.3) is 0 Å². The molecule has 2 amide bonds. The van der Waals surface area contributed by atoms with Gasteiger partial charge in [-0.1, -0.05) is 20.8 Å². The summed E-state index contributed by atoms with van der Waals surface area (Å²) in [6.45, 7) is 7.63. The molecule has 1 atom stereocenters. The molecule has 0 radical (unpaired) electrons. The first-order chi connectivity index (χ1) is 9.12. The molecule has 0 saturated heterocycles. The van der Waals surface area contributed by atoms with E-state index in [0.717, 1.165) is 10.6 Å². The maximum absolute atomic E-state index is 12.1. The minimum atomic E-state index is -1.03. The van der Waals surface area contributed by atoms with Crippen molar-refractivity contribution < 1.29 is 14.7 Å². The Labute approximate surface area is 122 Å². The van der Waals surface area contributed by atoms with Gasteiger partial charge in [-0.2, -0.15) is 0 Å². The van der Waals surface area contributed by atoms with Crippen molar-refractivity contribution in [3.8, 4) is 0 Å². The molecule has 112 valence electrons. The van der Waals surface area contributed by atoms with Crippen molar-refractivity contribution in [3.63, 3.8) is 0 Å². The van der Waals surface area contributed by atoms with Crippen molar-refractivity contribution in [2.45, 2.75) is 40.3 Å². The minimum Gasteiger partial charge on any atom is -0.480 e. The van der Waals surface area contributed by atoms with Crippen molar-refractivity contribution in [2.75, 3.05) is 7.05 Å². The van der Waals surface area contributed by atoms with E-state index in [1.807, 2.05) is 6.92 Å². The van der Waals surface area contributed by atoms with Crippen LogP contribution in [0.4, 0.5) is 4.79 Å². The Balaban J connectivity index is 2.70. The normalized spacial score (nSPS) is 12.8. The molecular formula is C13H21N3O3S. The highest BCUT2D eigenvalue weighted by Gasteiger charge is 2.33. The van der Waals surface area contributed by atoms with Crippen LogP contribution in [-0.4, -0.2) is 40.1 Å². The fraction of sp³-hybridized carbons (Fsp3) is 0.615. The second kappa shape index (κ2) is 6.21. The molecule has 0 fully saturated rings. The first-order valence-electron chi connectivity index (χ1n) is 6.26. The van der Waals surface area contributed by atoms with E-state index in [1.54, 1.807) is 33.3 Å². The molecule has 2 N–H and O–H groups in total. The van der Waals surface area contributed by atoms with Crippen LogP contribution in [0.3, 0.4) is 0 Å². The minimum absolute atomic E-state index is 0.403. The van der Waals surface area contributed by atoms with Crippen molar-refractivity contribution in [2.24, 2.45) is 5.41 Å². The summed E-state index contributed by atoms with van der Waals surface area (Å²) >= 11 is 1.48. The Morgan fingerprint density at radius 3 is 2.50 bits per heavy atom. The van der Waals surface area contributed by atoms with Crippen molar-refractivity contribution >= 4 is 23.3 Å². The highest BCUT2D eigenvalue weighted by Crippen LogP contribution is 2.20. The van der Waals surface area contributed by atoms with Gasteiger partial charge in [-0.15, -0.1) is 11.3 Å². The smallest absolute Gasteiger partial charge is 0.326 e. The number of thiazole rings is 1. The number of aryl methyl sites for hydroxylation is 1. The maximum Gasteiger partial charge on any atom is 0.326 e. The summed E-state index contributed by atoms with van der Waals surface area (Å²) in [6, 6.07) is -1.33. The largest absolute Gasteiger partial charge is 0.480 e. The standard InChI is InChI=1S/C13H21N3O3S/c1-8-9(20-7-14-8)6-16(5)12(19)15-10(11(17)18)13(2,3)4/h7,10H,6H2,1-5H3,(H,15,19)(H,17,18). The zero-order valence-electron chi connectivity index (χ0n) is 12.4. The van der Waals surface area contributed by atoms with Gasteiger partial charge in [0.05, 0.1) is 17.7 Å². The molecule has 1 rings (SSSR count). The third-order valence-corrected chi connectivity index (χ3v) is 3.87. The van der Waals surface area contributed by atoms with Gasteiger partial charge in [0.1, 0.15) is 6.04 Å². The Kier molecular flexibility index (Phi) is 5.10. The summed E-state index contributed by atoms with van der Waals surface area (Å²) in [5, 5.41) is 11.8. The molecule has 0 aliphatic rings. The lowest BCUT2D eigenvalue weighted by atomic mass is 9.87. The average molecular weight is 299 g/mol. The number of carboxylic acid groups (broad SMARTS) is 1. The number of amides is 2.